The summed E-state index contributed by atoms with van der Waals surface area (Å²) in [5.41, 5.74) is 0.660. The second-order valence-corrected chi connectivity index (χ2v) is 5.35. The van der Waals surface area contributed by atoms with Crippen molar-refractivity contribution >= 4 is 28.9 Å². The van der Waals surface area contributed by atoms with Crippen LogP contribution in [0.5, 0.6) is 0 Å². The maximum atomic E-state index is 12.1. The van der Waals surface area contributed by atoms with E-state index in [0.29, 0.717) is 5.69 Å². The number of aromatic carboxylic acids is 1. The maximum Gasteiger partial charge on any atom is 0.337 e. The first kappa shape index (κ1) is 13.2. The van der Waals surface area contributed by atoms with E-state index in [1.54, 1.807) is 18.2 Å². The van der Waals surface area contributed by atoms with E-state index in [-0.39, 0.29) is 11.3 Å². The number of para-hydroxylation sites is 1. The minimum Gasteiger partial charge on any atom is -0.478 e. The lowest BCUT2D eigenvalue weighted by molar-refractivity contribution is 0.0698. The summed E-state index contributed by atoms with van der Waals surface area (Å²) in [5.74, 6) is -1.47. The highest BCUT2D eigenvalue weighted by molar-refractivity contribution is 7.11. The molecule has 0 spiro atoms. The van der Waals surface area contributed by atoms with Crippen LogP contribution in [0.25, 0.3) is 0 Å². The van der Waals surface area contributed by atoms with Gasteiger partial charge in [0, 0.05) is 4.88 Å². The highest BCUT2D eigenvalue weighted by Crippen LogP contribution is 2.20. The van der Waals surface area contributed by atoms with E-state index in [0.717, 1.165) is 9.88 Å². The first-order valence-corrected chi connectivity index (χ1v) is 6.38. The van der Waals surface area contributed by atoms with E-state index in [9.17, 15) is 9.59 Å². The predicted octanol–water partition coefficient (Wildman–Crippen LogP) is 2.71. The molecule has 0 aliphatic heterocycles. The van der Waals surface area contributed by atoms with E-state index in [1.807, 2.05) is 13.8 Å². The number of carbonyl (C=O) groups is 2. The molecule has 1 amide bonds. The van der Waals surface area contributed by atoms with Crippen molar-refractivity contribution in [2.45, 2.75) is 13.8 Å². The van der Waals surface area contributed by atoms with Gasteiger partial charge in [0.15, 0.2) is 0 Å². The van der Waals surface area contributed by atoms with Crippen molar-refractivity contribution in [3.8, 4) is 0 Å². The third-order valence-electron chi connectivity index (χ3n) is 2.52. The second-order valence-electron chi connectivity index (χ2n) is 3.94. The average Bonchev–Trinajstić information content (AvgIpc) is 2.69. The molecule has 0 saturated carbocycles. The third-order valence-corrected chi connectivity index (χ3v) is 3.41. The van der Waals surface area contributed by atoms with Gasteiger partial charge in [0.1, 0.15) is 5.69 Å². The first-order valence-electron chi connectivity index (χ1n) is 5.56. The van der Waals surface area contributed by atoms with Gasteiger partial charge in [-0.1, -0.05) is 12.1 Å². The van der Waals surface area contributed by atoms with E-state index in [2.05, 4.69) is 10.3 Å². The normalized spacial score (nSPS) is 10.2. The van der Waals surface area contributed by atoms with Crippen molar-refractivity contribution in [3.63, 3.8) is 0 Å². The molecular weight excluding hydrogens is 264 g/mol. The summed E-state index contributed by atoms with van der Waals surface area (Å²) >= 11 is 1.43. The van der Waals surface area contributed by atoms with Gasteiger partial charge in [0.25, 0.3) is 5.91 Å². The SMILES string of the molecule is Cc1nc(C(=O)Nc2ccccc2C(=O)O)c(C)s1. The molecule has 1 aromatic heterocycles. The zero-order chi connectivity index (χ0) is 14.0. The van der Waals surface area contributed by atoms with Crippen molar-refractivity contribution in [2.75, 3.05) is 5.32 Å². The Labute approximate surface area is 113 Å². The maximum absolute atomic E-state index is 12.1. The molecule has 0 fully saturated rings. The van der Waals surface area contributed by atoms with Crippen molar-refractivity contribution in [1.29, 1.82) is 0 Å². The fraction of sp³-hybridized carbons (Fsp3) is 0.154. The lowest BCUT2D eigenvalue weighted by atomic mass is 10.1. The molecule has 0 aliphatic carbocycles. The minimum atomic E-state index is -1.08. The lowest BCUT2D eigenvalue weighted by Crippen LogP contribution is -2.16. The highest BCUT2D eigenvalue weighted by Gasteiger charge is 2.17. The van der Waals surface area contributed by atoms with Crippen LogP contribution in [0.2, 0.25) is 0 Å². The summed E-state index contributed by atoms with van der Waals surface area (Å²) in [6.45, 7) is 3.63. The minimum absolute atomic E-state index is 0.0560. The van der Waals surface area contributed by atoms with E-state index >= 15 is 0 Å². The summed E-state index contributed by atoms with van der Waals surface area (Å²) < 4.78 is 0. The molecule has 2 N–H and O–H groups in total. The van der Waals surface area contributed by atoms with Gasteiger partial charge >= 0.3 is 5.97 Å². The van der Waals surface area contributed by atoms with Crippen molar-refractivity contribution in [1.82, 2.24) is 4.98 Å². The Morgan fingerprint density at radius 1 is 1.26 bits per heavy atom. The monoisotopic (exact) mass is 276 g/mol. The number of nitrogens with one attached hydrogen (secondary N) is 1. The quantitative estimate of drug-likeness (QED) is 0.903. The summed E-state index contributed by atoms with van der Waals surface area (Å²) in [7, 11) is 0. The largest absolute Gasteiger partial charge is 0.478 e. The highest BCUT2D eigenvalue weighted by atomic mass is 32.1. The number of aryl methyl sites for hydroxylation is 2. The summed E-state index contributed by atoms with van der Waals surface area (Å²) in [6.07, 6.45) is 0. The molecule has 0 unspecified atom stereocenters. The number of thiazole rings is 1. The van der Waals surface area contributed by atoms with Crippen LogP contribution in [0.4, 0.5) is 5.69 Å². The first-order chi connectivity index (χ1) is 8.99. The van der Waals surface area contributed by atoms with Gasteiger partial charge < -0.3 is 10.4 Å². The molecule has 0 bridgehead atoms. The number of anilines is 1. The molecule has 0 aliphatic rings. The molecule has 19 heavy (non-hydrogen) atoms. The number of aromatic nitrogens is 1. The average molecular weight is 276 g/mol. The molecule has 0 atom stereocenters. The Kier molecular flexibility index (Phi) is 3.62. The van der Waals surface area contributed by atoms with Gasteiger partial charge in [-0.2, -0.15) is 0 Å². The van der Waals surface area contributed by atoms with Crippen molar-refractivity contribution in [2.24, 2.45) is 0 Å². The molecule has 2 rings (SSSR count). The predicted molar refractivity (Wildman–Crippen MR) is 72.9 cm³/mol. The van der Waals surface area contributed by atoms with Gasteiger partial charge in [0.05, 0.1) is 16.3 Å². The number of hydrogen-bond donors (Lipinski definition) is 2. The Morgan fingerprint density at radius 3 is 2.53 bits per heavy atom. The molecule has 6 heteroatoms. The number of carboxylic acids is 1. The van der Waals surface area contributed by atoms with Gasteiger partial charge in [-0.25, -0.2) is 9.78 Å². The Bertz CT molecular complexity index is 649. The number of rotatable bonds is 3. The summed E-state index contributed by atoms with van der Waals surface area (Å²) in [5, 5.41) is 12.4. The fourth-order valence-corrected chi connectivity index (χ4v) is 2.51. The van der Waals surface area contributed by atoms with Crippen LogP contribution in [0.3, 0.4) is 0 Å². The van der Waals surface area contributed by atoms with Crippen molar-refractivity contribution < 1.29 is 14.7 Å². The van der Waals surface area contributed by atoms with E-state index < -0.39 is 11.9 Å². The molecule has 0 radical (unpaired) electrons. The van der Waals surface area contributed by atoms with E-state index in [1.165, 1.54) is 17.4 Å². The molecule has 98 valence electrons. The van der Waals surface area contributed by atoms with Crippen LogP contribution in [0.1, 0.15) is 30.7 Å². The van der Waals surface area contributed by atoms with Crippen LogP contribution in [0, 0.1) is 13.8 Å². The van der Waals surface area contributed by atoms with Gasteiger partial charge in [-0.3, -0.25) is 4.79 Å². The standard InChI is InChI=1S/C13H12N2O3S/c1-7-11(14-8(2)19-7)12(16)15-10-6-4-3-5-9(10)13(17)18/h3-6H,1-2H3,(H,15,16)(H,17,18). The lowest BCUT2D eigenvalue weighted by Gasteiger charge is -2.07. The topological polar surface area (TPSA) is 79.3 Å². The van der Waals surface area contributed by atoms with Gasteiger partial charge in [-0.05, 0) is 26.0 Å². The van der Waals surface area contributed by atoms with Crippen LogP contribution < -0.4 is 5.32 Å². The number of carboxylic acid groups (broad SMARTS) is 1. The Hall–Kier alpha value is -2.21. The summed E-state index contributed by atoms with van der Waals surface area (Å²) in [4.78, 5) is 28.1. The zero-order valence-corrected chi connectivity index (χ0v) is 11.2. The number of hydrogen-bond acceptors (Lipinski definition) is 4. The molecule has 2 aromatic rings. The number of amides is 1. The van der Waals surface area contributed by atoms with Crippen LogP contribution in [-0.4, -0.2) is 22.0 Å². The molecule has 1 aromatic carbocycles. The number of carbonyl (C=O) groups excluding carboxylic acids is 1. The molecule has 0 saturated heterocycles. The zero-order valence-electron chi connectivity index (χ0n) is 10.4. The molecule has 1 heterocycles. The smallest absolute Gasteiger partial charge is 0.337 e. The van der Waals surface area contributed by atoms with Crippen LogP contribution in [-0.2, 0) is 0 Å². The molecular formula is C13H12N2O3S. The third kappa shape index (κ3) is 2.79. The van der Waals surface area contributed by atoms with Crippen LogP contribution >= 0.6 is 11.3 Å². The van der Waals surface area contributed by atoms with Crippen molar-refractivity contribution in [3.05, 3.63) is 45.4 Å². The van der Waals surface area contributed by atoms with Gasteiger partial charge in [0.2, 0.25) is 0 Å². The molecule has 5 nitrogen and oxygen atoms in total. The Morgan fingerprint density at radius 2 is 1.95 bits per heavy atom. The number of benzene rings is 1. The van der Waals surface area contributed by atoms with Gasteiger partial charge in [-0.15, -0.1) is 11.3 Å². The van der Waals surface area contributed by atoms with E-state index in [4.69, 9.17) is 5.11 Å². The van der Waals surface area contributed by atoms with Crippen LogP contribution in [0.15, 0.2) is 24.3 Å². The summed E-state index contributed by atoms with van der Waals surface area (Å²) in [6, 6.07) is 6.27. The Balaban J connectivity index is 2.29. The fourth-order valence-electron chi connectivity index (χ4n) is 1.70. The second kappa shape index (κ2) is 5.19. The number of nitrogens with zero attached hydrogens (tertiary/aromatic N) is 1.